The summed E-state index contributed by atoms with van der Waals surface area (Å²) in [6.07, 6.45) is 0. The quantitative estimate of drug-likeness (QED) is 0.661. The molecule has 0 spiro atoms. The molecule has 0 radical (unpaired) electrons. The summed E-state index contributed by atoms with van der Waals surface area (Å²) in [5, 5.41) is 3.26. The van der Waals surface area contributed by atoms with Crippen LogP contribution in [0.25, 0.3) is 0 Å². The van der Waals surface area contributed by atoms with Crippen LogP contribution < -0.4 is 15.1 Å². The summed E-state index contributed by atoms with van der Waals surface area (Å²) in [7, 11) is 0. The smallest absolute Gasteiger partial charge is 0.151 e. The van der Waals surface area contributed by atoms with Gasteiger partial charge in [-0.3, -0.25) is 0 Å². The second-order valence-electron chi connectivity index (χ2n) is 7.32. The minimum absolute atomic E-state index is 0.0246. The molecule has 0 atom stereocenters. The van der Waals surface area contributed by atoms with E-state index in [0.29, 0.717) is 18.8 Å². The first-order valence-corrected chi connectivity index (χ1v) is 9.98. The van der Waals surface area contributed by atoms with E-state index in [9.17, 15) is 0 Å². The molecule has 1 aliphatic heterocycles. The predicted molar refractivity (Wildman–Crippen MR) is 114 cm³/mol. The van der Waals surface area contributed by atoms with Crippen molar-refractivity contribution in [2.24, 2.45) is 0 Å². The highest BCUT2D eigenvalue weighted by molar-refractivity contribution is 5.59. The number of halogens is 2. The molecule has 0 aliphatic carbocycles. The minimum atomic E-state index is -0.523. The molecule has 0 aromatic heterocycles. The summed E-state index contributed by atoms with van der Waals surface area (Å²) in [4.78, 5) is 3.79. The first-order chi connectivity index (χ1) is 14.2. The van der Waals surface area contributed by atoms with Gasteiger partial charge in [0.1, 0.15) is 5.69 Å². The van der Waals surface area contributed by atoms with Crippen LogP contribution in [0, 0.1) is 11.6 Å². The fourth-order valence-electron chi connectivity index (χ4n) is 3.78. The lowest BCUT2D eigenvalue weighted by Crippen LogP contribution is -2.43. The third-order valence-electron chi connectivity index (χ3n) is 5.23. The molecular weight excluding hydrogens is 368 g/mol. The topological polar surface area (TPSA) is 18.5 Å². The van der Waals surface area contributed by atoms with Gasteiger partial charge in [-0.15, -0.1) is 0 Å². The van der Waals surface area contributed by atoms with Gasteiger partial charge in [0.2, 0.25) is 0 Å². The Bertz CT molecular complexity index is 861. The van der Waals surface area contributed by atoms with Crippen LogP contribution in [0.1, 0.15) is 11.1 Å². The molecule has 5 heteroatoms. The molecule has 0 saturated carbocycles. The van der Waals surface area contributed by atoms with Crippen LogP contribution in [-0.4, -0.2) is 26.2 Å². The second kappa shape index (κ2) is 9.05. The zero-order chi connectivity index (χ0) is 20.1. The number of anilines is 2. The maximum Gasteiger partial charge on any atom is 0.151 e. The van der Waals surface area contributed by atoms with Gasteiger partial charge in [-0.25, -0.2) is 8.78 Å². The van der Waals surface area contributed by atoms with Crippen molar-refractivity contribution in [1.82, 2.24) is 5.32 Å². The zero-order valence-electron chi connectivity index (χ0n) is 16.3. The maximum atomic E-state index is 15.2. The number of nitrogens with zero attached hydrogens (tertiary/aromatic N) is 2. The van der Waals surface area contributed by atoms with Gasteiger partial charge in [0.05, 0.1) is 0 Å². The lowest BCUT2D eigenvalue weighted by atomic mass is 10.1. The maximum absolute atomic E-state index is 15.2. The van der Waals surface area contributed by atoms with Crippen LogP contribution in [-0.2, 0) is 13.1 Å². The van der Waals surface area contributed by atoms with Crippen molar-refractivity contribution in [3.05, 3.63) is 95.6 Å². The Morgan fingerprint density at radius 3 is 1.72 bits per heavy atom. The van der Waals surface area contributed by atoms with E-state index >= 15 is 8.78 Å². The van der Waals surface area contributed by atoms with Crippen LogP contribution in [0.3, 0.4) is 0 Å². The average molecular weight is 393 g/mol. The summed E-state index contributed by atoms with van der Waals surface area (Å²) < 4.78 is 30.4. The van der Waals surface area contributed by atoms with Crippen LogP contribution in [0.4, 0.5) is 20.2 Å². The van der Waals surface area contributed by atoms with Gasteiger partial charge in [-0.1, -0.05) is 60.7 Å². The van der Waals surface area contributed by atoms with E-state index in [0.717, 1.165) is 37.3 Å². The molecule has 0 bridgehead atoms. The Balaban J connectivity index is 1.67. The van der Waals surface area contributed by atoms with Crippen molar-refractivity contribution < 1.29 is 8.78 Å². The largest absolute Gasteiger partial charge is 0.369 e. The van der Waals surface area contributed by atoms with E-state index in [-0.39, 0.29) is 5.69 Å². The molecule has 4 rings (SSSR count). The van der Waals surface area contributed by atoms with Gasteiger partial charge >= 0.3 is 0 Å². The van der Waals surface area contributed by atoms with E-state index in [1.54, 1.807) is 4.90 Å². The molecule has 1 saturated heterocycles. The Hall–Kier alpha value is -2.92. The lowest BCUT2D eigenvalue weighted by Gasteiger charge is -2.31. The van der Waals surface area contributed by atoms with E-state index in [1.807, 2.05) is 65.6 Å². The van der Waals surface area contributed by atoms with Crippen LogP contribution in [0.15, 0.2) is 72.8 Å². The molecule has 1 aliphatic rings. The highest BCUT2D eigenvalue weighted by atomic mass is 19.1. The van der Waals surface area contributed by atoms with E-state index in [4.69, 9.17) is 0 Å². The number of rotatable bonds is 6. The Morgan fingerprint density at radius 2 is 1.24 bits per heavy atom. The van der Waals surface area contributed by atoms with Crippen LogP contribution in [0.2, 0.25) is 0 Å². The Kier molecular flexibility index (Phi) is 6.06. The van der Waals surface area contributed by atoms with Gasteiger partial charge in [0.25, 0.3) is 0 Å². The summed E-state index contributed by atoms with van der Waals surface area (Å²) in [5.41, 5.74) is 2.64. The lowest BCUT2D eigenvalue weighted by molar-refractivity contribution is 0.558. The molecule has 1 fully saturated rings. The second-order valence-corrected chi connectivity index (χ2v) is 7.32. The monoisotopic (exact) mass is 393 g/mol. The molecule has 3 aromatic carbocycles. The number of nitrogens with one attached hydrogen (secondary N) is 1. The predicted octanol–water partition coefficient (Wildman–Crippen LogP) is 4.58. The van der Waals surface area contributed by atoms with Gasteiger partial charge < -0.3 is 15.1 Å². The van der Waals surface area contributed by atoms with Gasteiger partial charge in [-0.2, -0.15) is 0 Å². The molecule has 3 aromatic rings. The summed E-state index contributed by atoms with van der Waals surface area (Å²) >= 11 is 0. The number of hydrogen-bond donors (Lipinski definition) is 1. The fraction of sp³-hybridized carbons (Fsp3) is 0.250. The first-order valence-electron chi connectivity index (χ1n) is 9.98. The zero-order valence-corrected chi connectivity index (χ0v) is 16.3. The van der Waals surface area contributed by atoms with Crippen molar-refractivity contribution in [1.29, 1.82) is 0 Å². The van der Waals surface area contributed by atoms with Crippen molar-refractivity contribution in [3.8, 4) is 0 Å². The SMILES string of the molecule is Fc1cc(N2CCNCC2)cc(F)c1N(Cc1ccccc1)Cc1ccccc1. The van der Waals surface area contributed by atoms with E-state index < -0.39 is 11.6 Å². The third kappa shape index (κ3) is 4.74. The molecule has 150 valence electrons. The van der Waals surface area contributed by atoms with E-state index in [1.165, 1.54) is 12.1 Å². The normalized spacial score (nSPS) is 14.1. The average Bonchev–Trinajstić information content (AvgIpc) is 2.75. The van der Waals surface area contributed by atoms with Crippen molar-refractivity contribution in [2.75, 3.05) is 36.0 Å². The van der Waals surface area contributed by atoms with Crippen molar-refractivity contribution in [2.45, 2.75) is 13.1 Å². The molecule has 29 heavy (non-hydrogen) atoms. The van der Waals surface area contributed by atoms with Gasteiger partial charge in [0, 0.05) is 45.0 Å². The van der Waals surface area contributed by atoms with Crippen molar-refractivity contribution in [3.63, 3.8) is 0 Å². The Labute approximate surface area is 170 Å². The standard InChI is InChI=1S/C24H25F2N3/c25-22-15-21(28-13-11-27-12-14-28)16-23(26)24(22)29(17-19-7-3-1-4-8-19)18-20-9-5-2-6-10-20/h1-10,15-16,27H,11-14,17-18H2. The number of piperazine rings is 1. The number of benzene rings is 3. The number of hydrogen-bond acceptors (Lipinski definition) is 3. The van der Waals surface area contributed by atoms with Crippen LogP contribution >= 0.6 is 0 Å². The molecule has 1 heterocycles. The highest BCUT2D eigenvalue weighted by Gasteiger charge is 2.21. The molecule has 3 nitrogen and oxygen atoms in total. The molecule has 1 N–H and O–H groups in total. The van der Waals surface area contributed by atoms with E-state index in [2.05, 4.69) is 5.32 Å². The summed E-state index contributed by atoms with van der Waals surface area (Å²) in [6.45, 7) is 3.98. The molecule has 0 amide bonds. The van der Waals surface area contributed by atoms with Crippen molar-refractivity contribution >= 4 is 11.4 Å². The minimum Gasteiger partial charge on any atom is -0.369 e. The Morgan fingerprint density at radius 1 is 0.759 bits per heavy atom. The summed E-state index contributed by atoms with van der Waals surface area (Å²) in [5.74, 6) is -1.05. The first kappa shape index (κ1) is 19.4. The van der Waals surface area contributed by atoms with Gasteiger partial charge in [-0.05, 0) is 23.3 Å². The fourth-order valence-corrected chi connectivity index (χ4v) is 3.78. The molecule has 0 unspecified atom stereocenters. The van der Waals surface area contributed by atoms with Gasteiger partial charge in [0.15, 0.2) is 11.6 Å². The third-order valence-corrected chi connectivity index (χ3v) is 5.23. The molecular formula is C24H25F2N3. The highest BCUT2D eigenvalue weighted by Crippen LogP contribution is 2.31. The van der Waals surface area contributed by atoms with Crippen LogP contribution in [0.5, 0.6) is 0 Å². The summed E-state index contributed by atoms with van der Waals surface area (Å²) in [6, 6.07) is 22.5.